The van der Waals surface area contributed by atoms with Crippen LogP contribution in [0.3, 0.4) is 0 Å². The Bertz CT molecular complexity index is 970. The van der Waals surface area contributed by atoms with Crippen LogP contribution in [0.1, 0.15) is 32.3 Å². The normalized spacial score (nSPS) is 10.8. The predicted molar refractivity (Wildman–Crippen MR) is 122 cm³/mol. The second kappa shape index (κ2) is 10.8. The van der Waals surface area contributed by atoms with Crippen LogP contribution in [0.25, 0.3) is 11.4 Å². The van der Waals surface area contributed by atoms with Crippen molar-refractivity contribution in [2.75, 3.05) is 17.7 Å². The van der Waals surface area contributed by atoms with E-state index in [1.165, 1.54) is 11.8 Å². The number of aryl methyl sites for hydroxylation is 1. The number of benzene rings is 2. The van der Waals surface area contributed by atoms with Gasteiger partial charge in [-0.2, -0.15) is 0 Å². The van der Waals surface area contributed by atoms with Gasteiger partial charge < -0.3 is 14.6 Å². The van der Waals surface area contributed by atoms with Gasteiger partial charge in [0.05, 0.1) is 12.4 Å². The number of nitrogens with one attached hydrogen (secondary N) is 1. The molecule has 3 rings (SSSR count). The number of rotatable bonds is 10. The largest absolute Gasteiger partial charge is 0.494 e. The van der Waals surface area contributed by atoms with Crippen LogP contribution in [0.2, 0.25) is 0 Å². The summed E-state index contributed by atoms with van der Waals surface area (Å²) in [5.41, 5.74) is 2.95. The number of unbranched alkanes of at least 4 members (excludes halogenated alkanes) is 1. The lowest BCUT2D eigenvalue weighted by atomic mass is 10.1. The number of nitrogens with zero attached hydrogens (tertiary/aromatic N) is 3. The molecule has 0 aliphatic rings. The molecule has 0 bridgehead atoms. The van der Waals surface area contributed by atoms with E-state index >= 15 is 0 Å². The van der Waals surface area contributed by atoms with E-state index in [0.29, 0.717) is 5.16 Å². The fraction of sp³-hybridized carbons (Fsp3) is 0.348. The van der Waals surface area contributed by atoms with Crippen LogP contribution in [0, 0.1) is 0 Å². The van der Waals surface area contributed by atoms with Crippen molar-refractivity contribution >= 4 is 23.4 Å². The molecule has 1 heterocycles. The number of ether oxygens (including phenoxy) is 1. The lowest BCUT2D eigenvalue weighted by Crippen LogP contribution is -2.15. The Morgan fingerprint density at radius 3 is 2.60 bits per heavy atom. The Morgan fingerprint density at radius 1 is 1.10 bits per heavy atom. The summed E-state index contributed by atoms with van der Waals surface area (Å²) < 4.78 is 7.62. The van der Waals surface area contributed by atoms with Crippen LogP contribution in [-0.4, -0.2) is 33.0 Å². The minimum Gasteiger partial charge on any atom is -0.494 e. The summed E-state index contributed by atoms with van der Waals surface area (Å²) in [4.78, 5) is 12.4. The van der Waals surface area contributed by atoms with Crippen molar-refractivity contribution in [3.63, 3.8) is 0 Å². The minimum absolute atomic E-state index is 0.0565. The highest BCUT2D eigenvalue weighted by Crippen LogP contribution is 2.25. The topological polar surface area (TPSA) is 69.0 Å². The second-order valence-corrected chi connectivity index (χ2v) is 7.88. The van der Waals surface area contributed by atoms with Gasteiger partial charge in [-0.05, 0) is 48.7 Å². The summed E-state index contributed by atoms with van der Waals surface area (Å²) in [7, 11) is 1.91. The molecule has 30 heavy (non-hydrogen) atoms. The van der Waals surface area contributed by atoms with Gasteiger partial charge in [0.15, 0.2) is 11.0 Å². The van der Waals surface area contributed by atoms with Gasteiger partial charge in [0.1, 0.15) is 5.75 Å². The summed E-state index contributed by atoms with van der Waals surface area (Å²) in [6.07, 6.45) is 3.03. The number of anilines is 1. The summed E-state index contributed by atoms with van der Waals surface area (Å²) in [6.45, 7) is 4.94. The summed E-state index contributed by atoms with van der Waals surface area (Å²) in [5, 5.41) is 12.2. The van der Waals surface area contributed by atoms with Crippen LogP contribution in [0.4, 0.5) is 5.69 Å². The SMILES string of the molecule is CCCCOc1ccc(-c2nnc(SCC(=O)Nc3ccccc3CC)n2C)cc1. The average Bonchev–Trinajstić information content (AvgIpc) is 3.13. The van der Waals surface area contributed by atoms with Crippen molar-refractivity contribution in [1.29, 1.82) is 0 Å². The molecule has 7 heteroatoms. The van der Waals surface area contributed by atoms with Gasteiger partial charge in [-0.3, -0.25) is 4.79 Å². The third-order valence-electron chi connectivity index (χ3n) is 4.72. The first-order chi connectivity index (χ1) is 14.6. The van der Waals surface area contributed by atoms with Crippen LogP contribution >= 0.6 is 11.8 Å². The first-order valence-corrected chi connectivity index (χ1v) is 11.2. The van der Waals surface area contributed by atoms with Gasteiger partial charge >= 0.3 is 0 Å². The zero-order chi connectivity index (χ0) is 21.3. The number of aromatic nitrogens is 3. The maximum absolute atomic E-state index is 12.4. The maximum Gasteiger partial charge on any atom is 0.234 e. The molecule has 1 N–H and O–H groups in total. The lowest BCUT2D eigenvalue weighted by molar-refractivity contribution is -0.113. The smallest absolute Gasteiger partial charge is 0.234 e. The number of carbonyl (C=O) groups is 1. The fourth-order valence-electron chi connectivity index (χ4n) is 2.99. The van der Waals surface area contributed by atoms with Gasteiger partial charge in [-0.25, -0.2) is 0 Å². The Kier molecular flexibility index (Phi) is 7.90. The Morgan fingerprint density at radius 2 is 1.87 bits per heavy atom. The summed E-state index contributed by atoms with van der Waals surface area (Å²) >= 11 is 1.37. The molecule has 158 valence electrons. The minimum atomic E-state index is -0.0565. The average molecular weight is 425 g/mol. The highest BCUT2D eigenvalue weighted by Gasteiger charge is 2.14. The third kappa shape index (κ3) is 5.63. The van der Waals surface area contributed by atoms with Crippen molar-refractivity contribution in [2.24, 2.45) is 7.05 Å². The highest BCUT2D eigenvalue weighted by atomic mass is 32.2. The number of para-hydroxylation sites is 1. The predicted octanol–water partition coefficient (Wildman–Crippen LogP) is 4.95. The first kappa shape index (κ1) is 21.9. The zero-order valence-corrected chi connectivity index (χ0v) is 18.5. The van der Waals surface area contributed by atoms with E-state index in [0.717, 1.165) is 54.3 Å². The van der Waals surface area contributed by atoms with Gasteiger partial charge in [-0.1, -0.05) is 50.2 Å². The monoisotopic (exact) mass is 424 g/mol. The summed E-state index contributed by atoms with van der Waals surface area (Å²) in [6, 6.07) is 15.7. The molecule has 0 radical (unpaired) electrons. The number of hydrogen-bond donors (Lipinski definition) is 1. The molecule has 0 saturated carbocycles. The zero-order valence-electron chi connectivity index (χ0n) is 17.7. The molecule has 3 aromatic rings. The van der Waals surface area contributed by atoms with E-state index in [9.17, 15) is 4.79 Å². The van der Waals surface area contributed by atoms with Gasteiger partial charge in [0.25, 0.3) is 0 Å². The van der Waals surface area contributed by atoms with E-state index < -0.39 is 0 Å². The van der Waals surface area contributed by atoms with E-state index in [1.54, 1.807) is 0 Å². The summed E-state index contributed by atoms with van der Waals surface area (Å²) in [5.74, 6) is 1.83. The molecule has 6 nitrogen and oxygen atoms in total. The molecular formula is C23H28N4O2S. The number of amides is 1. The molecule has 2 aromatic carbocycles. The van der Waals surface area contributed by atoms with Crippen molar-refractivity contribution in [2.45, 2.75) is 38.3 Å². The Labute approximate surface area is 182 Å². The highest BCUT2D eigenvalue weighted by molar-refractivity contribution is 7.99. The number of carbonyl (C=O) groups excluding carboxylic acids is 1. The van der Waals surface area contributed by atoms with Crippen molar-refractivity contribution in [3.05, 3.63) is 54.1 Å². The van der Waals surface area contributed by atoms with Crippen LogP contribution in [0.5, 0.6) is 5.75 Å². The molecule has 0 unspecified atom stereocenters. The van der Waals surface area contributed by atoms with Crippen LogP contribution in [0.15, 0.2) is 53.7 Å². The van der Waals surface area contributed by atoms with Crippen LogP contribution < -0.4 is 10.1 Å². The quantitative estimate of drug-likeness (QED) is 0.368. The molecule has 0 aliphatic heterocycles. The lowest BCUT2D eigenvalue weighted by Gasteiger charge is -2.09. The first-order valence-electron chi connectivity index (χ1n) is 10.3. The van der Waals surface area contributed by atoms with Crippen molar-refractivity contribution < 1.29 is 9.53 Å². The fourth-order valence-corrected chi connectivity index (χ4v) is 3.70. The number of hydrogen-bond acceptors (Lipinski definition) is 5. The molecule has 1 amide bonds. The van der Waals surface area contributed by atoms with E-state index in [4.69, 9.17) is 4.74 Å². The molecular weight excluding hydrogens is 396 g/mol. The van der Waals surface area contributed by atoms with Crippen molar-refractivity contribution in [3.8, 4) is 17.1 Å². The maximum atomic E-state index is 12.4. The van der Waals surface area contributed by atoms with Crippen molar-refractivity contribution in [1.82, 2.24) is 14.8 Å². The molecule has 0 spiro atoms. The van der Waals surface area contributed by atoms with Crippen LogP contribution in [-0.2, 0) is 18.3 Å². The Balaban J connectivity index is 1.59. The molecule has 0 atom stereocenters. The standard InChI is InChI=1S/C23H28N4O2S/c1-4-6-15-29-19-13-11-18(12-14-19)22-25-26-23(27(22)3)30-16-21(28)24-20-10-8-7-9-17(20)5-2/h7-14H,4-6,15-16H2,1-3H3,(H,24,28). The third-order valence-corrected chi connectivity index (χ3v) is 5.74. The molecule has 0 saturated heterocycles. The van der Waals surface area contributed by atoms with Gasteiger partial charge in [0.2, 0.25) is 5.91 Å². The van der Waals surface area contributed by atoms with Gasteiger partial charge in [-0.15, -0.1) is 10.2 Å². The Hall–Kier alpha value is -2.80. The molecule has 0 aliphatic carbocycles. The second-order valence-electron chi connectivity index (χ2n) is 6.94. The molecule has 0 fully saturated rings. The number of thioether (sulfide) groups is 1. The van der Waals surface area contributed by atoms with E-state index in [1.807, 2.05) is 60.1 Å². The molecule has 1 aromatic heterocycles. The van der Waals surface area contributed by atoms with Gasteiger partial charge in [0, 0.05) is 18.3 Å². The van der Waals surface area contributed by atoms with E-state index in [-0.39, 0.29) is 11.7 Å². The van der Waals surface area contributed by atoms with E-state index in [2.05, 4.69) is 29.4 Å².